The number of rotatable bonds is 6. The molecular formula is C26H21FN4O2. The molecule has 4 aromatic rings. The van der Waals surface area contributed by atoms with Crippen molar-refractivity contribution in [2.75, 3.05) is 10.2 Å². The lowest BCUT2D eigenvalue weighted by Crippen LogP contribution is -2.42. The van der Waals surface area contributed by atoms with Gasteiger partial charge in [0.1, 0.15) is 17.6 Å². The molecule has 0 saturated heterocycles. The van der Waals surface area contributed by atoms with Gasteiger partial charge in [0, 0.05) is 23.8 Å². The topological polar surface area (TPSA) is 75.2 Å². The van der Waals surface area contributed by atoms with Gasteiger partial charge in [-0.25, -0.2) is 9.37 Å². The van der Waals surface area contributed by atoms with Gasteiger partial charge in [0.25, 0.3) is 11.8 Å². The third kappa shape index (κ3) is 5.10. The number of halogens is 1. The number of aryl methyl sites for hydroxylation is 1. The lowest BCUT2D eigenvalue weighted by molar-refractivity contribution is -0.117. The zero-order valence-corrected chi connectivity index (χ0v) is 17.9. The van der Waals surface area contributed by atoms with Crippen LogP contribution in [0.2, 0.25) is 0 Å². The van der Waals surface area contributed by atoms with E-state index in [9.17, 15) is 14.0 Å². The van der Waals surface area contributed by atoms with Gasteiger partial charge in [-0.15, -0.1) is 0 Å². The van der Waals surface area contributed by atoms with Crippen LogP contribution in [0.5, 0.6) is 0 Å². The first-order valence-electron chi connectivity index (χ1n) is 10.3. The van der Waals surface area contributed by atoms with Crippen molar-refractivity contribution in [1.29, 1.82) is 0 Å². The Morgan fingerprint density at radius 1 is 0.939 bits per heavy atom. The van der Waals surface area contributed by atoms with Crippen LogP contribution in [0.15, 0.2) is 97.5 Å². The highest BCUT2D eigenvalue weighted by molar-refractivity contribution is 6.11. The van der Waals surface area contributed by atoms with E-state index in [-0.39, 0.29) is 5.69 Å². The smallest absolute Gasteiger partial charge is 0.279 e. The number of nitrogens with zero attached hydrogens (tertiary/aromatic N) is 3. The summed E-state index contributed by atoms with van der Waals surface area (Å²) in [5, 5.41) is 2.80. The number of carbonyl (C=O) groups excluding carboxylic acids is 2. The molecule has 0 fully saturated rings. The molecule has 3 aromatic carbocycles. The van der Waals surface area contributed by atoms with Crippen LogP contribution in [0.3, 0.4) is 0 Å². The Kier molecular flexibility index (Phi) is 6.50. The molecule has 1 atom stereocenters. The van der Waals surface area contributed by atoms with E-state index in [0.29, 0.717) is 16.9 Å². The predicted octanol–water partition coefficient (Wildman–Crippen LogP) is 4.95. The largest absolute Gasteiger partial charge is 0.324 e. The Bertz CT molecular complexity index is 1250. The first-order valence-corrected chi connectivity index (χ1v) is 10.3. The fourth-order valence-electron chi connectivity index (χ4n) is 3.49. The average Bonchev–Trinajstić information content (AvgIpc) is 2.84. The summed E-state index contributed by atoms with van der Waals surface area (Å²) in [7, 11) is 0. The van der Waals surface area contributed by atoms with E-state index >= 15 is 0 Å². The maximum atomic E-state index is 13.7. The van der Waals surface area contributed by atoms with Crippen molar-refractivity contribution < 1.29 is 14.0 Å². The second kappa shape index (κ2) is 9.82. The maximum absolute atomic E-state index is 13.7. The summed E-state index contributed by atoms with van der Waals surface area (Å²) >= 11 is 0. The second-order valence-corrected chi connectivity index (χ2v) is 7.41. The van der Waals surface area contributed by atoms with Crippen LogP contribution in [-0.4, -0.2) is 21.8 Å². The minimum atomic E-state index is -1.02. The molecule has 2 amide bonds. The van der Waals surface area contributed by atoms with Crippen molar-refractivity contribution in [3.8, 4) is 0 Å². The highest BCUT2D eigenvalue weighted by Gasteiger charge is 2.34. The van der Waals surface area contributed by atoms with Crippen molar-refractivity contribution in [1.82, 2.24) is 9.97 Å². The molecule has 0 spiro atoms. The molecule has 4 rings (SSSR count). The molecule has 6 nitrogen and oxygen atoms in total. The number of hydrogen-bond acceptors (Lipinski definition) is 4. The zero-order valence-electron chi connectivity index (χ0n) is 17.9. The Hall–Kier alpha value is -4.39. The van der Waals surface area contributed by atoms with Crippen LogP contribution in [0, 0.1) is 12.7 Å². The number of aromatic nitrogens is 2. The number of carbonyl (C=O) groups is 2. The van der Waals surface area contributed by atoms with Gasteiger partial charge in [0.2, 0.25) is 0 Å². The molecule has 164 valence electrons. The van der Waals surface area contributed by atoms with Crippen LogP contribution in [0.25, 0.3) is 0 Å². The quantitative estimate of drug-likeness (QED) is 0.460. The van der Waals surface area contributed by atoms with E-state index in [1.807, 2.05) is 31.2 Å². The number of hydrogen-bond donors (Lipinski definition) is 1. The number of benzene rings is 3. The van der Waals surface area contributed by atoms with Gasteiger partial charge in [0.15, 0.2) is 0 Å². The molecule has 0 aliphatic carbocycles. The molecule has 33 heavy (non-hydrogen) atoms. The summed E-state index contributed by atoms with van der Waals surface area (Å²) in [6.07, 6.45) is 4.27. The Labute approximate surface area is 190 Å². The van der Waals surface area contributed by atoms with Gasteiger partial charge in [-0.05, 0) is 54.4 Å². The molecule has 0 bridgehead atoms. The second-order valence-electron chi connectivity index (χ2n) is 7.41. The summed E-state index contributed by atoms with van der Waals surface area (Å²) < 4.78 is 13.4. The summed E-state index contributed by atoms with van der Waals surface area (Å²) in [6, 6.07) is 20.8. The van der Waals surface area contributed by atoms with Gasteiger partial charge in [-0.2, -0.15) is 0 Å². The van der Waals surface area contributed by atoms with Crippen molar-refractivity contribution in [3.63, 3.8) is 0 Å². The third-order valence-corrected chi connectivity index (χ3v) is 5.01. The highest BCUT2D eigenvalue weighted by Crippen LogP contribution is 2.31. The fourth-order valence-corrected chi connectivity index (χ4v) is 3.49. The first kappa shape index (κ1) is 21.8. The van der Waals surface area contributed by atoms with E-state index in [1.54, 1.807) is 30.3 Å². The SMILES string of the molecule is Cc1cccc(N(C(=O)c2cnccn2)[C@H](C(=O)Nc2ccc(F)cc2)c2ccccc2)c1. The Morgan fingerprint density at radius 3 is 2.36 bits per heavy atom. The van der Waals surface area contributed by atoms with Crippen LogP contribution in [0.1, 0.15) is 27.7 Å². The summed E-state index contributed by atoms with van der Waals surface area (Å²) in [4.78, 5) is 36.8. The van der Waals surface area contributed by atoms with Crippen molar-refractivity contribution in [2.24, 2.45) is 0 Å². The molecule has 1 heterocycles. The lowest BCUT2D eigenvalue weighted by Gasteiger charge is -2.31. The zero-order chi connectivity index (χ0) is 23.2. The standard InChI is InChI=1S/C26H21FN4O2/c1-18-6-5-9-22(16-18)31(26(33)23-17-28-14-15-29-23)24(19-7-3-2-4-8-19)25(32)30-21-12-10-20(27)11-13-21/h2-17,24H,1H3,(H,30,32)/t24-/m0/s1. The van der Waals surface area contributed by atoms with Crippen molar-refractivity contribution in [3.05, 3.63) is 120 Å². The van der Waals surface area contributed by atoms with E-state index in [1.165, 1.54) is 47.8 Å². The van der Waals surface area contributed by atoms with Gasteiger partial charge in [0.05, 0.1) is 6.20 Å². The summed E-state index contributed by atoms with van der Waals surface area (Å²) in [6.45, 7) is 1.91. The van der Waals surface area contributed by atoms with Crippen LogP contribution in [-0.2, 0) is 4.79 Å². The monoisotopic (exact) mass is 440 g/mol. The lowest BCUT2D eigenvalue weighted by atomic mass is 10.0. The molecular weight excluding hydrogens is 419 g/mol. The van der Waals surface area contributed by atoms with Gasteiger partial charge in [-0.3, -0.25) is 19.5 Å². The molecule has 0 unspecified atom stereocenters. The molecule has 7 heteroatoms. The number of nitrogens with one attached hydrogen (secondary N) is 1. The van der Waals surface area contributed by atoms with Gasteiger partial charge in [-0.1, -0.05) is 42.5 Å². The van der Waals surface area contributed by atoms with Crippen LogP contribution >= 0.6 is 0 Å². The van der Waals surface area contributed by atoms with Crippen molar-refractivity contribution >= 4 is 23.2 Å². The molecule has 1 N–H and O–H groups in total. The summed E-state index contributed by atoms with van der Waals surface area (Å²) in [5.41, 5.74) is 2.59. The normalized spacial score (nSPS) is 11.5. The van der Waals surface area contributed by atoms with E-state index in [0.717, 1.165) is 5.56 Å². The Balaban J connectivity index is 1.83. The van der Waals surface area contributed by atoms with Crippen LogP contribution < -0.4 is 10.2 Å². The summed E-state index contributed by atoms with van der Waals surface area (Å²) in [5.74, 6) is -1.34. The number of anilines is 2. The maximum Gasteiger partial charge on any atom is 0.279 e. The average molecular weight is 440 g/mol. The van der Waals surface area contributed by atoms with Gasteiger partial charge >= 0.3 is 0 Å². The molecule has 0 radical (unpaired) electrons. The number of amides is 2. The minimum absolute atomic E-state index is 0.106. The minimum Gasteiger partial charge on any atom is -0.324 e. The van der Waals surface area contributed by atoms with E-state index < -0.39 is 23.7 Å². The van der Waals surface area contributed by atoms with Crippen molar-refractivity contribution in [2.45, 2.75) is 13.0 Å². The van der Waals surface area contributed by atoms with E-state index in [2.05, 4.69) is 15.3 Å². The van der Waals surface area contributed by atoms with Gasteiger partial charge < -0.3 is 5.32 Å². The first-order chi connectivity index (χ1) is 16.0. The highest BCUT2D eigenvalue weighted by atomic mass is 19.1. The van der Waals surface area contributed by atoms with E-state index in [4.69, 9.17) is 0 Å². The molecule has 0 aliphatic heterocycles. The molecule has 1 aromatic heterocycles. The third-order valence-electron chi connectivity index (χ3n) is 5.01. The molecule has 0 saturated carbocycles. The van der Waals surface area contributed by atoms with Crippen LogP contribution in [0.4, 0.5) is 15.8 Å². The molecule has 0 aliphatic rings. The Morgan fingerprint density at radius 2 is 1.70 bits per heavy atom. The predicted molar refractivity (Wildman–Crippen MR) is 124 cm³/mol. The fraction of sp³-hybridized carbons (Fsp3) is 0.0769.